The van der Waals surface area contributed by atoms with Gasteiger partial charge in [0.15, 0.2) is 11.6 Å². The minimum absolute atomic E-state index is 0.209. The summed E-state index contributed by atoms with van der Waals surface area (Å²) in [4.78, 5) is 23.4. The molecule has 1 aromatic carbocycles. The Morgan fingerprint density at radius 3 is 2.36 bits per heavy atom. The highest BCUT2D eigenvalue weighted by molar-refractivity contribution is 7.85. The lowest BCUT2D eigenvalue weighted by molar-refractivity contribution is 0.481. The van der Waals surface area contributed by atoms with Crippen LogP contribution < -0.4 is 10.6 Å². The quantitative estimate of drug-likeness (QED) is 0.494. The summed E-state index contributed by atoms with van der Waals surface area (Å²) in [6.45, 7) is 1.54. The lowest BCUT2D eigenvalue weighted by Crippen LogP contribution is -2.29. The molecular weight excluding hydrogens is 312 g/mol. The second-order valence-electron chi connectivity index (χ2n) is 4.60. The van der Waals surface area contributed by atoms with Gasteiger partial charge in [-0.25, -0.2) is 9.69 Å². The molecule has 0 spiro atoms. The first-order valence-electron chi connectivity index (χ1n) is 6.16. The minimum atomic E-state index is -4.51. The summed E-state index contributed by atoms with van der Waals surface area (Å²) in [6.07, 6.45) is 0. The van der Waals surface area contributed by atoms with Crippen molar-refractivity contribution in [1.29, 1.82) is 0 Å². The van der Waals surface area contributed by atoms with Crippen LogP contribution in [0, 0.1) is 11.8 Å². The van der Waals surface area contributed by atoms with E-state index in [1.165, 1.54) is 9.36 Å². The van der Waals surface area contributed by atoms with Crippen LogP contribution in [0.2, 0.25) is 0 Å². The predicted octanol–water partition coefficient (Wildman–Crippen LogP) is 0.818. The summed E-state index contributed by atoms with van der Waals surface area (Å²) in [6, 6.07) is 8.62. The maximum absolute atomic E-state index is 12.5. The van der Waals surface area contributed by atoms with E-state index in [1.54, 1.807) is 44.3 Å². The van der Waals surface area contributed by atoms with Crippen molar-refractivity contribution in [3.63, 3.8) is 0 Å². The van der Waals surface area contributed by atoms with Gasteiger partial charge < -0.3 is 0 Å². The Labute approximate surface area is 126 Å². The van der Waals surface area contributed by atoms with Crippen molar-refractivity contribution in [1.82, 2.24) is 9.36 Å². The van der Waals surface area contributed by atoms with E-state index in [-0.39, 0.29) is 5.69 Å². The number of nitrogens with zero attached hydrogens (tertiary/aromatic N) is 4. The number of benzene rings is 1. The van der Waals surface area contributed by atoms with Crippen LogP contribution in [0.25, 0.3) is 5.69 Å². The van der Waals surface area contributed by atoms with Gasteiger partial charge in [-0.15, -0.1) is 4.91 Å². The van der Waals surface area contributed by atoms with Crippen molar-refractivity contribution in [2.75, 3.05) is 10.9 Å². The third kappa shape index (κ3) is 2.92. The maximum Gasteiger partial charge on any atom is 0.297 e. The van der Waals surface area contributed by atoms with Crippen LogP contribution in [0.1, 0.15) is 5.69 Å². The molecule has 0 radical (unpaired) electrons. The van der Waals surface area contributed by atoms with Crippen molar-refractivity contribution in [3.8, 4) is 5.69 Å². The lowest BCUT2D eigenvalue weighted by atomic mass is 10.3. The summed E-state index contributed by atoms with van der Waals surface area (Å²) in [7, 11) is -2.92. The maximum atomic E-state index is 12.5. The van der Waals surface area contributed by atoms with Crippen LogP contribution in [-0.2, 0) is 17.2 Å². The van der Waals surface area contributed by atoms with Crippen molar-refractivity contribution in [2.24, 2.45) is 12.3 Å². The molecule has 0 saturated heterocycles. The second kappa shape index (κ2) is 5.73. The molecule has 118 valence electrons. The number of rotatable bonds is 5. The first-order chi connectivity index (χ1) is 10.3. The van der Waals surface area contributed by atoms with Crippen LogP contribution in [-0.4, -0.2) is 28.2 Å². The van der Waals surface area contributed by atoms with E-state index in [0.717, 1.165) is 0 Å². The Morgan fingerprint density at radius 1 is 1.27 bits per heavy atom. The van der Waals surface area contributed by atoms with E-state index in [4.69, 9.17) is 4.55 Å². The molecule has 0 aliphatic carbocycles. The molecule has 0 aliphatic heterocycles. The molecule has 1 heterocycles. The monoisotopic (exact) mass is 326 g/mol. The Balaban J connectivity index is 2.65. The highest BCUT2D eigenvalue weighted by Crippen LogP contribution is 2.19. The summed E-state index contributed by atoms with van der Waals surface area (Å²) >= 11 is 0. The minimum Gasteiger partial charge on any atom is -0.284 e. The topological polar surface area (TPSA) is 114 Å². The molecule has 0 bridgehead atoms. The molecule has 22 heavy (non-hydrogen) atoms. The molecule has 0 atom stereocenters. The molecule has 10 heteroatoms. The molecule has 1 N–H and O–H groups in total. The standard InChI is InChI=1S/C12H14N4O5S/c1-9-11(15(13-18)8-22(19,20)21)12(17)16(14(9)2)10-6-4-3-5-7-10/h3-7H,8H2,1-2H3,(H,19,20,21). The molecular formula is C12H14N4O5S. The average molecular weight is 326 g/mol. The Hall–Kier alpha value is -2.46. The number of anilines is 1. The van der Waals surface area contributed by atoms with Gasteiger partial charge in [0.05, 0.1) is 16.7 Å². The number of nitroso groups, excluding NO2 is 1. The number of aromatic nitrogens is 2. The zero-order valence-corrected chi connectivity index (χ0v) is 12.7. The Kier molecular flexibility index (Phi) is 4.15. The van der Waals surface area contributed by atoms with Gasteiger partial charge in [-0.3, -0.25) is 14.0 Å². The molecule has 1 aromatic heterocycles. The zero-order valence-electron chi connectivity index (χ0n) is 11.9. The van der Waals surface area contributed by atoms with Crippen LogP contribution in [0.5, 0.6) is 0 Å². The highest BCUT2D eigenvalue weighted by Gasteiger charge is 2.25. The van der Waals surface area contributed by atoms with Crippen molar-refractivity contribution < 1.29 is 13.0 Å². The first kappa shape index (κ1) is 15.9. The summed E-state index contributed by atoms with van der Waals surface area (Å²) in [5, 5.41) is 2.95. The van der Waals surface area contributed by atoms with Gasteiger partial charge in [-0.05, 0) is 19.1 Å². The fraction of sp³-hybridized carbons (Fsp3) is 0.250. The number of hydrogen-bond acceptors (Lipinski definition) is 5. The summed E-state index contributed by atoms with van der Waals surface area (Å²) in [5.41, 5.74) is 0.0487. The normalized spacial score (nSPS) is 11.4. The van der Waals surface area contributed by atoms with Crippen LogP contribution in [0.4, 0.5) is 5.69 Å². The van der Waals surface area contributed by atoms with Gasteiger partial charge in [-0.2, -0.15) is 8.42 Å². The fourth-order valence-corrected chi connectivity index (χ4v) is 2.62. The zero-order chi connectivity index (χ0) is 16.5. The van der Waals surface area contributed by atoms with Crippen LogP contribution in [0.15, 0.2) is 40.4 Å². The lowest BCUT2D eigenvalue weighted by Gasteiger charge is -2.11. The van der Waals surface area contributed by atoms with Gasteiger partial charge in [0.1, 0.15) is 0 Å². The van der Waals surface area contributed by atoms with E-state index >= 15 is 0 Å². The van der Waals surface area contributed by atoms with E-state index in [9.17, 15) is 18.1 Å². The van der Waals surface area contributed by atoms with Crippen molar-refractivity contribution >= 4 is 15.8 Å². The molecule has 2 aromatic rings. The van der Waals surface area contributed by atoms with E-state index in [1.807, 2.05) is 0 Å². The number of para-hydroxylation sites is 1. The Bertz CT molecular complexity index is 854. The third-order valence-electron chi connectivity index (χ3n) is 3.17. The highest BCUT2D eigenvalue weighted by atomic mass is 32.2. The van der Waals surface area contributed by atoms with Crippen molar-refractivity contribution in [2.45, 2.75) is 6.92 Å². The van der Waals surface area contributed by atoms with E-state index in [0.29, 0.717) is 16.4 Å². The molecule has 0 unspecified atom stereocenters. The first-order valence-corrected chi connectivity index (χ1v) is 7.77. The van der Waals surface area contributed by atoms with Crippen LogP contribution >= 0.6 is 0 Å². The van der Waals surface area contributed by atoms with E-state index in [2.05, 4.69) is 5.29 Å². The summed E-state index contributed by atoms with van der Waals surface area (Å²) < 4.78 is 33.5. The van der Waals surface area contributed by atoms with Crippen molar-refractivity contribution in [3.05, 3.63) is 51.3 Å². The second-order valence-corrected chi connectivity index (χ2v) is 6.02. The third-order valence-corrected chi connectivity index (χ3v) is 3.74. The van der Waals surface area contributed by atoms with Gasteiger partial charge in [0.25, 0.3) is 15.7 Å². The van der Waals surface area contributed by atoms with Gasteiger partial charge in [0.2, 0.25) is 0 Å². The van der Waals surface area contributed by atoms with Gasteiger partial charge in [-0.1, -0.05) is 18.2 Å². The average Bonchev–Trinajstić information content (AvgIpc) is 2.67. The summed E-state index contributed by atoms with van der Waals surface area (Å²) in [5.74, 6) is -1.09. The molecule has 0 saturated carbocycles. The molecule has 2 rings (SSSR count). The molecule has 0 amide bonds. The predicted molar refractivity (Wildman–Crippen MR) is 80.4 cm³/mol. The molecule has 9 nitrogen and oxygen atoms in total. The fourth-order valence-electron chi connectivity index (χ4n) is 2.13. The van der Waals surface area contributed by atoms with Gasteiger partial charge in [0, 0.05) is 7.05 Å². The van der Waals surface area contributed by atoms with E-state index < -0.39 is 21.6 Å². The number of hydrogen-bond donors (Lipinski definition) is 1. The van der Waals surface area contributed by atoms with Crippen LogP contribution in [0.3, 0.4) is 0 Å². The molecule has 0 aliphatic rings. The smallest absolute Gasteiger partial charge is 0.284 e. The van der Waals surface area contributed by atoms with Gasteiger partial charge >= 0.3 is 0 Å². The SMILES string of the molecule is Cc1c(N(CS(=O)(=O)O)N=O)c(=O)n(-c2ccccc2)n1C. The largest absolute Gasteiger partial charge is 0.297 e. The molecule has 0 fully saturated rings. The Morgan fingerprint density at radius 2 is 1.86 bits per heavy atom.